The van der Waals surface area contributed by atoms with Gasteiger partial charge < -0.3 is 10.1 Å². The molecule has 1 aromatic heterocycles. The van der Waals surface area contributed by atoms with Crippen LogP contribution in [0.5, 0.6) is 5.75 Å². The van der Waals surface area contributed by atoms with E-state index in [1.165, 1.54) is 12.1 Å². The maximum atomic E-state index is 12.3. The second-order valence-corrected chi connectivity index (χ2v) is 5.96. The molecule has 26 heavy (non-hydrogen) atoms. The topological polar surface area (TPSA) is 51.2 Å². The third-order valence-corrected chi connectivity index (χ3v) is 3.98. The molecule has 0 aliphatic carbocycles. The van der Waals surface area contributed by atoms with E-state index in [1.807, 2.05) is 6.07 Å². The Morgan fingerprint density at radius 1 is 1.12 bits per heavy atom. The third-order valence-electron chi connectivity index (χ3n) is 3.77. The van der Waals surface area contributed by atoms with E-state index in [-0.39, 0.29) is 11.7 Å². The zero-order chi connectivity index (χ0) is 18.5. The molecule has 1 amide bonds. The van der Waals surface area contributed by atoms with Crippen LogP contribution in [0.2, 0.25) is 5.15 Å². The highest BCUT2D eigenvalue weighted by Crippen LogP contribution is 2.17. The number of carbonyl (C=O) groups is 1. The molecular weight excluding hydrogens is 362 g/mol. The minimum atomic E-state index is -2.84. The molecule has 0 radical (unpaired) electrons. The highest BCUT2D eigenvalue weighted by Gasteiger charge is 2.07. The van der Waals surface area contributed by atoms with Crippen LogP contribution < -0.4 is 10.1 Å². The largest absolute Gasteiger partial charge is 0.435 e. The molecule has 1 heterocycles. The van der Waals surface area contributed by atoms with Crippen molar-refractivity contribution in [3.05, 3.63) is 70.9 Å². The molecule has 0 spiro atoms. The molecule has 0 aliphatic heterocycles. The first-order valence-corrected chi connectivity index (χ1v) is 8.27. The predicted molar refractivity (Wildman–Crippen MR) is 95.9 cm³/mol. The van der Waals surface area contributed by atoms with Crippen LogP contribution in [0.25, 0.3) is 10.9 Å². The molecule has 7 heteroatoms. The smallest absolute Gasteiger partial charge is 0.387 e. The Morgan fingerprint density at radius 2 is 1.88 bits per heavy atom. The van der Waals surface area contributed by atoms with E-state index in [4.69, 9.17) is 11.6 Å². The summed E-state index contributed by atoms with van der Waals surface area (Å²) in [5.74, 6) is -0.0860. The number of amides is 1. The van der Waals surface area contributed by atoms with Gasteiger partial charge in [0.2, 0.25) is 0 Å². The van der Waals surface area contributed by atoms with Crippen LogP contribution in [0.4, 0.5) is 8.78 Å². The van der Waals surface area contributed by atoms with Gasteiger partial charge in [0, 0.05) is 17.5 Å². The predicted octanol–water partition coefficient (Wildman–Crippen LogP) is 4.46. The normalized spacial score (nSPS) is 10.9. The van der Waals surface area contributed by atoms with E-state index >= 15 is 0 Å². The average molecular weight is 377 g/mol. The van der Waals surface area contributed by atoms with Crippen LogP contribution >= 0.6 is 11.6 Å². The number of hydrogen-bond donors (Lipinski definition) is 1. The summed E-state index contributed by atoms with van der Waals surface area (Å²) < 4.78 is 28.5. The van der Waals surface area contributed by atoms with Gasteiger partial charge in [0.15, 0.2) is 0 Å². The fourth-order valence-corrected chi connectivity index (χ4v) is 2.66. The first-order valence-electron chi connectivity index (χ1n) is 7.89. The van der Waals surface area contributed by atoms with Crippen LogP contribution in [0.3, 0.4) is 0 Å². The molecule has 0 unspecified atom stereocenters. The Kier molecular flexibility index (Phi) is 5.63. The van der Waals surface area contributed by atoms with Gasteiger partial charge in [-0.15, -0.1) is 0 Å². The number of benzene rings is 2. The molecular formula is C19H15ClF2N2O2. The maximum Gasteiger partial charge on any atom is 0.387 e. The van der Waals surface area contributed by atoms with E-state index in [2.05, 4.69) is 15.0 Å². The Bertz CT molecular complexity index is 917. The fraction of sp³-hybridized carbons (Fsp3) is 0.158. The summed E-state index contributed by atoms with van der Waals surface area (Å²) in [5.41, 5.74) is 2.16. The Hall–Kier alpha value is -2.73. The molecule has 0 aliphatic rings. The minimum absolute atomic E-state index is 0.109. The van der Waals surface area contributed by atoms with Crippen molar-refractivity contribution in [2.75, 3.05) is 6.54 Å². The second-order valence-electron chi connectivity index (χ2n) is 5.57. The van der Waals surface area contributed by atoms with Gasteiger partial charge in [0.25, 0.3) is 5.91 Å². The number of carbonyl (C=O) groups excluding carboxylic acids is 1. The molecule has 1 N–H and O–H groups in total. The Labute approximate surface area is 153 Å². The van der Waals surface area contributed by atoms with Gasteiger partial charge in [-0.3, -0.25) is 4.79 Å². The van der Waals surface area contributed by atoms with Gasteiger partial charge in [-0.05, 0) is 54.4 Å². The molecule has 3 rings (SSSR count). The van der Waals surface area contributed by atoms with Crippen molar-refractivity contribution in [1.82, 2.24) is 10.3 Å². The first-order chi connectivity index (χ1) is 12.5. The van der Waals surface area contributed by atoms with Gasteiger partial charge in [-0.25, -0.2) is 4.98 Å². The Morgan fingerprint density at radius 3 is 2.62 bits per heavy atom. The lowest BCUT2D eigenvalue weighted by Crippen LogP contribution is -2.25. The van der Waals surface area contributed by atoms with Gasteiger partial charge in [0.1, 0.15) is 10.9 Å². The highest BCUT2D eigenvalue weighted by atomic mass is 35.5. The summed E-state index contributed by atoms with van der Waals surface area (Å²) in [6.07, 6.45) is 0.575. The van der Waals surface area contributed by atoms with E-state index in [0.717, 1.165) is 16.5 Å². The van der Waals surface area contributed by atoms with E-state index in [9.17, 15) is 13.6 Å². The lowest BCUT2D eigenvalue weighted by molar-refractivity contribution is -0.0498. The third kappa shape index (κ3) is 4.67. The summed E-state index contributed by atoms with van der Waals surface area (Å²) in [5, 5.41) is 4.07. The lowest BCUT2D eigenvalue weighted by atomic mass is 10.1. The zero-order valence-electron chi connectivity index (χ0n) is 13.6. The van der Waals surface area contributed by atoms with E-state index < -0.39 is 6.61 Å². The number of alkyl halides is 2. The van der Waals surface area contributed by atoms with Crippen molar-refractivity contribution in [1.29, 1.82) is 0 Å². The molecule has 4 nitrogen and oxygen atoms in total. The number of ether oxygens (including phenoxy) is 1. The number of halogens is 3. The van der Waals surface area contributed by atoms with Crippen molar-refractivity contribution in [3.8, 4) is 5.75 Å². The molecule has 134 valence electrons. The monoisotopic (exact) mass is 376 g/mol. The van der Waals surface area contributed by atoms with Crippen LogP contribution in [-0.2, 0) is 6.42 Å². The lowest BCUT2D eigenvalue weighted by Gasteiger charge is -2.08. The van der Waals surface area contributed by atoms with E-state index in [1.54, 1.807) is 36.4 Å². The van der Waals surface area contributed by atoms with Crippen molar-refractivity contribution in [2.45, 2.75) is 13.0 Å². The second kappa shape index (κ2) is 8.10. The Balaban J connectivity index is 1.56. The van der Waals surface area contributed by atoms with Crippen molar-refractivity contribution in [3.63, 3.8) is 0 Å². The van der Waals surface area contributed by atoms with Gasteiger partial charge in [-0.2, -0.15) is 8.78 Å². The highest BCUT2D eigenvalue weighted by molar-refractivity contribution is 6.29. The zero-order valence-corrected chi connectivity index (χ0v) is 14.3. The summed E-state index contributed by atoms with van der Waals surface area (Å²) in [4.78, 5) is 16.4. The number of nitrogens with zero attached hydrogens (tertiary/aromatic N) is 1. The molecule has 0 saturated carbocycles. The number of rotatable bonds is 6. The van der Waals surface area contributed by atoms with Crippen LogP contribution in [0.15, 0.2) is 54.6 Å². The SMILES string of the molecule is O=C(NCCc1ccc(OC(F)F)cc1)c1ccc2nc(Cl)ccc2c1. The van der Waals surface area contributed by atoms with Crippen molar-refractivity contribution in [2.24, 2.45) is 0 Å². The quantitative estimate of drug-likeness (QED) is 0.646. The number of fused-ring (bicyclic) bond motifs is 1. The first kappa shape index (κ1) is 18.1. The summed E-state index contributed by atoms with van der Waals surface area (Å²) in [7, 11) is 0. The number of hydrogen-bond acceptors (Lipinski definition) is 3. The molecule has 0 fully saturated rings. The van der Waals surface area contributed by atoms with Crippen molar-refractivity contribution >= 4 is 28.4 Å². The maximum absolute atomic E-state index is 12.3. The molecule has 0 atom stereocenters. The minimum Gasteiger partial charge on any atom is -0.435 e. The number of nitrogens with one attached hydrogen (secondary N) is 1. The summed E-state index contributed by atoms with van der Waals surface area (Å²) in [6, 6.07) is 15.0. The number of pyridine rings is 1. The van der Waals surface area contributed by atoms with Crippen molar-refractivity contribution < 1.29 is 18.3 Å². The van der Waals surface area contributed by atoms with Gasteiger partial charge in [0.05, 0.1) is 5.52 Å². The molecule has 3 aromatic rings. The standard InChI is InChI=1S/C19H15ClF2N2O2/c20-17-8-4-13-11-14(3-7-16(13)24-17)18(25)23-10-9-12-1-5-15(6-2-12)26-19(21)22/h1-8,11,19H,9-10H2,(H,23,25). The fourth-order valence-electron chi connectivity index (χ4n) is 2.50. The van der Waals surface area contributed by atoms with Crippen LogP contribution in [-0.4, -0.2) is 24.0 Å². The van der Waals surface area contributed by atoms with Gasteiger partial charge in [-0.1, -0.05) is 23.7 Å². The molecule has 2 aromatic carbocycles. The summed E-state index contributed by atoms with van der Waals surface area (Å²) >= 11 is 5.85. The molecule has 0 bridgehead atoms. The average Bonchev–Trinajstić information content (AvgIpc) is 2.62. The number of aromatic nitrogens is 1. The van der Waals surface area contributed by atoms with E-state index in [0.29, 0.717) is 23.7 Å². The summed E-state index contributed by atoms with van der Waals surface area (Å²) in [6.45, 7) is -2.42. The van der Waals surface area contributed by atoms with Gasteiger partial charge >= 0.3 is 6.61 Å². The molecule has 0 saturated heterocycles. The van der Waals surface area contributed by atoms with Crippen LogP contribution in [0, 0.1) is 0 Å². The van der Waals surface area contributed by atoms with Crippen LogP contribution in [0.1, 0.15) is 15.9 Å².